The van der Waals surface area contributed by atoms with Crippen molar-refractivity contribution in [2.24, 2.45) is 0 Å². The molecule has 0 aliphatic rings. The molecular formula is C14H11ClFNO2. The summed E-state index contributed by atoms with van der Waals surface area (Å²) in [5.74, 6) is -1.59. The number of para-hydroxylation sites is 1. The van der Waals surface area contributed by atoms with E-state index in [0.717, 1.165) is 0 Å². The number of nitrogens with one attached hydrogen (secondary N) is 1. The molecule has 2 aromatic carbocycles. The second kappa shape index (κ2) is 5.71. The number of benzene rings is 2. The molecule has 0 heterocycles. The van der Waals surface area contributed by atoms with Crippen LogP contribution in [0.2, 0.25) is 5.02 Å². The van der Waals surface area contributed by atoms with Gasteiger partial charge in [-0.05, 0) is 29.8 Å². The fraction of sp³-hybridized carbons (Fsp3) is 0.0714. The van der Waals surface area contributed by atoms with Crippen molar-refractivity contribution < 1.29 is 14.3 Å². The highest BCUT2D eigenvalue weighted by Gasteiger charge is 2.20. The minimum atomic E-state index is -1.09. The van der Waals surface area contributed by atoms with Crippen molar-refractivity contribution in [3.63, 3.8) is 0 Å². The molecule has 1 atom stereocenters. The van der Waals surface area contributed by atoms with E-state index in [1.165, 1.54) is 12.1 Å². The monoisotopic (exact) mass is 279 g/mol. The van der Waals surface area contributed by atoms with Gasteiger partial charge in [-0.2, -0.15) is 0 Å². The number of hydrogen-bond acceptors (Lipinski definition) is 2. The van der Waals surface area contributed by atoms with E-state index in [-0.39, 0.29) is 5.69 Å². The highest BCUT2D eigenvalue weighted by Crippen LogP contribution is 2.23. The average Bonchev–Trinajstić information content (AvgIpc) is 2.39. The van der Waals surface area contributed by atoms with Crippen molar-refractivity contribution >= 4 is 23.3 Å². The summed E-state index contributed by atoms with van der Waals surface area (Å²) in [4.78, 5) is 11.3. The van der Waals surface area contributed by atoms with Crippen molar-refractivity contribution in [1.82, 2.24) is 0 Å². The quantitative estimate of drug-likeness (QED) is 0.897. The Balaban J connectivity index is 2.29. The topological polar surface area (TPSA) is 49.3 Å². The van der Waals surface area contributed by atoms with Gasteiger partial charge in [0, 0.05) is 5.02 Å². The van der Waals surface area contributed by atoms with Crippen molar-refractivity contribution in [1.29, 1.82) is 0 Å². The normalized spacial score (nSPS) is 11.9. The Morgan fingerprint density at radius 3 is 2.37 bits per heavy atom. The van der Waals surface area contributed by atoms with Crippen LogP contribution >= 0.6 is 11.6 Å². The molecule has 2 rings (SSSR count). The molecule has 0 radical (unpaired) electrons. The van der Waals surface area contributed by atoms with E-state index in [2.05, 4.69) is 5.32 Å². The van der Waals surface area contributed by atoms with Gasteiger partial charge in [-0.3, -0.25) is 0 Å². The maximum Gasteiger partial charge on any atom is 0.330 e. The summed E-state index contributed by atoms with van der Waals surface area (Å²) in [6, 6.07) is 11.3. The van der Waals surface area contributed by atoms with Crippen molar-refractivity contribution in [2.75, 3.05) is 5.32 Å². The highest BCUT2D eigenvalue weighted by molar-refractivity contribution is 6.30. The van der Waals surface area contributed by atoms with E-state index in [1.54, 1.807) is 36.4 Å². The van der Waals surface area contributed by atoms with Gasteiger partial charge in [0.25, 0.3) is 0 Å². The van der Waals surface area contributed by atoms with Gasteiger partial charge < -0.3 is 10.4 Å². The van der Waals surface area contributed by atoms with Crippen LogP contribution in [0, 0.1) is 5.82 Å². The standard InChI is InChI=1S/C14H11ClFNO2/c15-10-7-5-9(6-8-10)13(14(18)19)17-12-4-2-1-3-11(12)16/h1-8,13,17H,(H,18,19). The first-order chi connectivity index (χ1) is 9.08. The second-order valence-corrected chi connectivity index (χ2v) is 4.38. The predicted octanol–water partition coefficient (Wildman–Crippen LogP) is 3.72. The lowest BCUT2D eigenvalue weighted by molar-refractivity contribution is -0.138. The molecule has 0 aliphatic heterocycles. The van der Waals surface area contributed by atoms with E-state index >= 15 is 0 Å². The zero-order valence-corrected chi connectivity index (χ0v) is 10.6. The molecule has 3 nitrogen and oxygen atoms in total. The average molecular weight is 280 g/mol. The van der Waals surface area contributed by atoms with E-state index in [9.17, 15) is 14.3 Å². The number of carboxylic acid groups (broad SMARTS) is 1. The molecule has 19 heavy (non-hydrogen) atoms. The van der Waals surface area contributed by atoms with Crippen molar-refractivity contribution in [3.05, 3.63) is 64.9 Å². The Kier molecular flexibility index (Phi) is 4.02. The van der Waals surface area contributed by atoms with Crippen molar-refractivity contribution in [2.45, 2.75) is 6.04 Å². The lowest BCUT2D eigenvalue weighted by Crippen LogP contribution is -2.20. The van der Waals surface area contributed by atoms with Crippen LogP contribution in [-0.4, -0.2) is 11.1 Å². The molecule has 0 saturated carbocycles. The Morgan fingerprint density at radius 1 is 1.16 bits per heavy atom. The van der Waals surface area contributed by atoms with Crippen LogP contribution in [0.15, 0.2) is 48.5 Å². The minimum absolute atomic E-state index is 0.143. The summed E-state index contributed by atoms with van der Waals surface area (Å²) in [7, 11) is 0. The van der Waals surface area contributed by atoms with Gasteiger partial charge in [-0.25, -0.2) is 9.18 Å². The van der Waals surface area contributed by atoms with Gasteiger partial charge in [0.05, 0.1) is 5.69 Å². The Hall–Kier alpha value is -2.07. The third-order valence-corrected chi connectivity index (χ3v) is 2.88. The number of aliphatic carboxylic acids is 1. The largest absolute Gasteiger partial charge is 0.479 e. The van der Waals surface area contributed by atoms with E-state index < -0.39 is 17.8 Å². The van der Waals surface area contributed by atoms with Crippen LogP contribution in [0.4, 0.5) is 10.1 Å². The van der Waals surface area contributed by atoms with Crippen molar-refractivity contribution in [3.8, 4) is 0 Å². The zero-order chi connectivity index (χ0) is 13.8. The Morgan fingerprint density at radius 2 is 1.79 bits per heavy atom. The van der Waals surface area contributed by atoms with E-state index in [1.807, 2.05) is 0 Å². The first-order valence-corrected chi connectivity index (χ1v) is 5.95. The SMILES string of the molecule is O=C(O)C(Nc1ccccc1F)c1ccc(Cl)cc1. The smallest absolute Gasteiger partial charge is 0.330 e. The molecule has 2 N–H and O–H groups in total. The number of hydrogen-bond donors (Lipinski definition) is 2. The van der Waals surface area contributed by atoms with Crippen LogP contribution in [0.25, 0.3) is 0 Å². The fourth-order valence-electron chi connectivity index (χ4n) is 1.68. The van der Waals surface area contributed by atoms with Gasteiger partial charge in [0.1, 0.15) is 5.82 Å². The van der Waals surface area contributed by atoms with Crippen LogP contribution in [-0.2, 0) is 4.79 Å². The van der Waals surface area contributed by atoms with Gasteiger partial charge in [-0.15, -0.1) is 0 Å². The van der Waals surface area contributed by atoms with E-state index in [0.29, 0.717) is 10.6 Å². The summed E-state index contributed by atoms with van der Waals surface area (Å²) in [5.41, 5.74) is 0.644. The molecule has 0 amide bonds. The van der Waals surface area contributed by atoms with Crippen LogP contribution in [0.3, 0.4) is 0 Å². The van der Waals surface area contributed by atoms with Gasteiger partial charge in [0.15, 0.2) is 6.04 Å². The molecule has 0 bridgehead atoms. The van der Waals surface area contributed by atoms with E-state index in [4.69, 9.17) is 11.6 Å². The molecule has 2 aromatic rings. The fourth-order valence-corrected chi connectivity index (χ4v) is 1.80. The van der Waals surface area contributed by atoms with Crippen LogP contribution in [0.5, 0.6) is 0 Å². The lowest BCUT2D eigenvalue weighted by Gasteiger charge is -2.16. The van der Waals surface area contributed by atoms with Gasteiger partial charge in [-0.1, -0.05) is 35.9 Å². The van der Waals surface area contributed by atoms with Gasteiger partial charge >= 0.3 is 5.97 Å². The predicted molar refractivity (Wildman–Crippen MR) is 71.9 cm³/mol. The van der Waals surface area contributed by atoms with Crippen LogP contribution in [0.1, 0.15) is 11.6 Å². The second-order valence-electron chi connectivity index (χ2n) is 3.95. The summed E-state index contributed by atoms with van der Waals surface area (Å²) in [6.07, 6.45) is 0. The zero-order valence-electron chi connectivity index (χ0n) is 9.81. The molecular weight excluding hydrogens is 269 g/mol. The number of halogens is 2. The summed E-state index contributed by atoms with van der Waals surface area (Å²) >= 11 is 5.75. The first-order valence-electron chi connectivity index (χ1n) is 5.57. The Labute approximate surface area is 114 Å². The van der Waals surface area contributed by atoms with Crippen LogP contribution < -0.4 is 5.32 Å². The first kappa shape index (κ1) is 13.4. The molecule has 0 aromatic heterocycles. The summed E-state index contributed by atoms with van der Waals surface area (Å²) < 4.78 is 13.5. The third-order valence-electron chi connectivity index (χ3n) is 2.62. The number of carboxylic acids is 1. The molecule has 5 heteroatoms. The highest BCUT2D eigenvalue weighted by atomic mass is 35.5. The molecule has 98 valence electrons. The molecule has 1 unspecified atom stereocenters. The number of anilines is 1. The maximum absolute atomic E-state index is 13.5. The number of rotatable bonds is 4. The summed E-state index contributed by atoms with van der Waals surface area (Å²) in [6.45, 7) is 0. The molecule has 0 fully saturated rings. The Bertz CT molecular complexity index is 586. The maximum atomic E-state index is 13.5. The summed E-state index contributed by atoms with van der Waals surface area (Å²) in [5, 5.41) is 12.4. The molecule has 0 saturated heterocycles. The van der Waals surface area contributed by atoms with Gasteiger partial charge in [0.2, 0.25) is 0 Å². The minimum Gasteiger partial charge on any atom is -0.479 e. The number of carbonyl (C=O) groups is 1. The molecule has 0 spiro atoms. The third kappa shape index (κ3) is 3.23. The lowest BCUT2D eigenvalue weighted by atomic mass is 10.1. The molecule has 0 aliphatic carbocycles.